The van der Waals surface area contributed by atoms with E-state index in [1.807, 2.05) is 38.2 Å². The van der Waals surface area contributed by atoms with Crippen LogP contribution in [0.25, 0.3) is 0 Å². The largest absolute Gasteiger partial charge is 0.316 e. The van der Waals surface area contributed by atoms with Crippen molar-refractivity contribution in [2.45, 2.75) is 12.5 Å². The number of hydrogen-bond donors (Lipinski definition) is 2. The lowest BCUT2D eigenvalue weighted by atomic mass is 9.92. The Morgan fingerprint density at radius 2 is 2.31 bits per heavy atom. The predicted molar refractivity (Wildman–Crippen MR) is 63.9 cm³/mol. The zero-order chi connectivity index (χ0) is 11.8. The zero-order valence-electron chi connectivity index (χ0n) is 9.24. The van der Waals surface area contributed by atoms with Crippen molar-refractivity contribution in [3.63, 3.8) is 0 Å². The van der Waals surface area contributed by atoms with Gasteiger partial charge >= 0.3 is 0 Å². The minimum absolute atomic E-state index is 0.556. The Balaban J connectivity index is 2.43. The monoisotopic (exact) mass is 239 g/mol. The highest BCUT2D eigenvalue weighted by Crippen LogP contribution is 2.23. The topological polar surface area (TPSA) is 47.9 Å². The first-order valence-corrected chi connectivity index (χ1v) is 5.40. The first-order valence-electron chi connectivity index (χ1n) is 5.02. The molecule has 1 aromatic rings. The van der Waals surface area contributed by atoms with E-state index < -0.39 is 5.54 Å². The highest BCUT2D eigenvalue weighted by Gasteiger charge is 2.37. The minimum Gasteiger partial charge on any atom is -0.316 e. The molecule has 16 heavy (non-hydrogen) atoms. The first-order chi connectivity index (χ1) is 7.55. The number of hydroxylamine groups is 1. The van der Waals surface area contributed by atoms with Crippen LogP contribution in [-0.2, 0) is 0 Å². The van der Waals surface area contributed by atoms with Gasteiger partial charge in [0.1, 0.15) is 5.54 Å². The molecule has 1 atom stereocenters. The van der Waals surface area contributed by atoms with Crippen molar-refractivity contribution in [1.82, 2.24) is 10.5 Å². The van der Waals surface area contributed by atoms with Gasteiger partial charge in [0.15, 0.2) is 0 Å². The van der Waals surface area contributed by atoms with Crippen molar-refractivity contribution in [2.24, 2.45) is 5.10 Å². The van der Waals surface area contributed by atoms with Gasteiger partial charge in [-0.05, 0) is 19.1 Å². The molecule has 0 saturated heterocycles. The Bertz CT molecular complexity index is 435. The Hall–Kier alpha value is -1.10. The van der Waals surface area contributed by atoms with Crippen LogP contribution in [0, 0.1) is 0 Å². The normalized spacial score (nSPS) is 24.8. The Morgan fingerprint density at radius 1 is 1.56 bits per heavy atom. The van der Waals surface area contributed by atoms with Crippen LogP contribution in [0.15, 0.2) is 29.4 Å². The Kier molecular flexibility index (Phi) is 2.88. The van der Waals surface area contributed by atoms with Gasteiger partial charge in [-0.1, -0.05) is 23.7 Å². The molecule has 0 amide bonds. The highest BCUT2D eigenvalue weighted by atomic mass is 35.5. The number of halogens is 1. The average Bonchev–Trinajstić information content (AvgIpc) is 2.55. The van der Waals surface area contributed by atoms with E-state index in [0.29, 0.717) is 11.6 Å². The number of benzene rings is 1. The fourth-order valence-corrected chi connectivity index (χ4v) is 2.14. The van der Waals surface area contributed by atoms with Crippen LogP contribution in [0.5, 0.6) is 0 Å². The third-order valence-corrected chi connectivity index (χ3v) is 2.92. The molecular formula is C11H14ClN3O. The smallest absolute Gasteiger partial charge is 0.103 e. The molecule has 2 N–H and O–H groups in total. The summed E-state index contributed by atoms with van der Waals surface area (Å²) in [5.41, 5.74) is 3.48. The molecule has 0 bridgehead atoms. The Labute approximate surface area is 99.5 Å². The van der Waals surface area contributed by atoms with E-state index >= 15 is 0 Å². The number of rotatable bonds is 2. The third kappa shape index (κ3) is 1.91. The maximum atomic E-state index is 9.25. The van der Waals surface area contributed by atoms with Crippen molar-refractivity contribution < 1.29 is 5.21 Å². The second kappa shape index (κ2) is 4.05. The summed E-state index contributed by atoms with van der Waals surface area (Å²) in [6, 6.07) is 7.46. The standard InChI is InChI=1S/C11H14ClN3O/c1-11(14-16)7-15(2)13-10(11)8-4-3-5-9(12)6-8/h3-6,14,16H,7H2,1-2H3. The van der Waals surface area contributed by atoms with Crippen LogP contribution in [0.1, 0.15) is 12.5 Å². The van der Waals surface area contributed by atoms with Crippen molar-refractivity contribution >= 4 is 17.3 Å². The van der Waals surface area contributed by atoms with Crippen LogP contribution in [0.3, 0.4) is 0 Å². The molecule has 86 valence electrons. The molecule has 4 nitrogen and oxygen atoms in total. The first kappa shape index (κ1) is 11.4. The second-order valence-corrected chi connectivity index (χ2v) is 4.66. The van der Waals surface area contributed by atoms with Crippen LogP contribution >= 0.6 is 11.6 Å². The molecule has 0 aromatic heterocycles. The molecular weight excluding hydrogens is 226 g/mol. The molecule has 0 spiro atoms. The number of nitrogens with one attached hydrogen (secondary N) is 1. The van der Waals surface area contributed by atoms with Crippen molar-refractivity contribution in [3.05, 3.63) is 34.9 Å². The van der Waals surface area contributed by atoms with Crippen LogP contribution < -0.4 is 5.48 Å². The van der Waals surface area contributed by atoms with Crippen LogP contribution in [0.4, 0.5) is 0 Å². The average molecular weight is 240 g/mol. The van der Waals surface area contributed by atoms with Crippen molar-refractivity contribution in [2.75, 3.05) is 13.6 Å². The third-order valence-electron chi connectivity index (χ3n) is 2.68. The van der Waals surface area contributed by atoms with Gasteiger partial charge in [0.2, 0.25) is 0 Å². The molecule has 0 aliphatic carbocycles. The molecule has 5 heteroatoms. The van der Waals surface area contributed by atoms with Gasteiger partial charge < -0.3 is 5.21 Å². The number of nitrogens with zero attached hydrogens (tertiary/aromatic N) is 2. The summed E-state index contributed by atoms with van der Waals surface area (Å²) in [6.07, 6.45) is 0. The molecule has 1 heterocycles. The highest BCUT2D eigenvalue weighted by molar-refractivity contribution is 6.31. The molecule has 1 unspecified atom stereocenters. The summed E-state index contributed by atoms with van der Waals surface area (Å²) in [4.78, 5) is 0. The second-order valence-electron chi connectivity index (χ2n) is 4.22. The fraction of sp³-hybridized carbons (Fsp3) is 0.364. The summed E-state index contributed by atoms with van der Waals surface area (Å²) in [6.45, 7) is 2.52. The quantitative estimate of drug-likeness (QED) is 0.773. The lowest BCUT2D eigenvalue weighted by Crippen LogP contribution is -2.49. The zero-order valence-corrected chi connectivity index (χ0v) is 9.99. The number of hydrogen-bond acceptors (Lipinski definition) is 4. The van der Waals surface area contributed by atoms with E-state index in [-0.39, 0.29) is 0 Å². The molecule has 1 aliphatic heterocycles. The maximum absolute atomic E-state index is 9.25. The van der Waals surface area contributed by atoms with E-state index in [4.69, 9.17) is 11.6 Å². The minimum atomic E-state index is -0.556. The lowest BCUT2D eigenvalue weighted by molar-refractivity contribution is 0.0987. The molecule has 0 radical (unpaired) electrons. The van der Waals surface area contributed by atoms with Gasteiger partial charge in [-0.15, -0.1) is 0 Å². The predicted octanol–water partition coefficient (Wildman–Crippen LogP) is 1.73. The summed E-state index contributed by atoms with van der Waals surface area (Å²) >= 11 is 5.94. The number of hydrazone groups is 1. The molecule has 2 rings (SSSR count). The van der Waals surface area contributed by atoms with E-state index in [9.17, 15) is 5.21 Å². The SMILES string of the molecule is CN1CC(C)(NO)C(c2cccc(Cl)c2)=N1. The van der Waals surface area contributed by atoms with Crippen LogP contribution in [0.2, 0.25) is 5.02 Å². The molecule has 1 aliphatic rings. The van der Waals surface area contributed by atoms with Gasteiger partial charge in [-0.2, -0.15) is 10.6 Å². The lowest BCUT2D eigenvalue weighted by Gasteiger charge is -2.23. The summed E-state index contributed by atoms with van der Waals surface area (Å²) < 4.78 is 0. The molecule has 1 aromatic carbocycles. The molecule has 0 fully saturated rings. The Morgan fingerprint density at radius 3 is 2.94 bits per heavy atom. The summed E-state index contributed by atoms with van der Waals surface area (Å²) in [5.74, 6) is 0. The van der Waals surface area contributed by atoms with Gasteiger partial charge in [0.25, 0.3) is 0 Å². The number of likely N-dealkylation sites (N-methyl/N-ethyl adjacent to an activating group) is 1. The van der Waals surface area contributed by atoms with E-state index in [1.54, 1.807) is 5.01 Å². The van der Waals surface area contributed by atoms with E-state index in [2.05, 4.69) is 10.6 Å². The van der Waals surface area contributed by atoms with Gasteiger partial charge in [-0.25, -0.2) is 0 Å². The van der Waals surface area contributed by atoms with Crippen molar-refractivity contribution in [1.29, 1.82) is 0 Å². The van der Waals surface area contributed by atoms with Crippen LogP contribution in [-0.4, -0.2) is 35.1 Å². The van der Waals surface area contributed by atoms with Gasteiger partial charge in [0.05, 0.1) is 12.3 Å². The van der Waals surface area contributed by atoms with Gasteiger partial charge in [0, 0.05) is 17.6 Å². The van der Waals surface area contributed by atoms with Gasteiger partial charge in [-0.3, -0.25) is 5.01 Å². The van der Waals surface area contributed by atoms with Crippen molar-refractivity contribution in [3.8, 4) is 0 Å². The van der Waals surface area contributed by atoms with E-state index in [1.165, 1.54) is 0 Å². The fourth-order valence-electron chi connectivity index (χ4n) is 1.95. The van der Waals surface area contributed by atoms with E-state index in [0.717, 1.165) is 11.3 Å². The molecule has 0 saturated carbocycles. The summed E-state index contributed by atoms with van der Waals surface area (Å²) in [5, 5.41) is 16.1. The summed E-state index contributed by atoms with van der Waals surface area (Å²) in [7, 11) is 1.87. The maximum Gasteiger partial charge on any atom is 0.103 e.